The first kappa shape index (κ1) is 38.7. The summed E-state index contributed by atoms with van der Waals surface area (Å²) in [4.78, 5) is 136. The maximum atomic E-state index is 12.0. The van der Waals surface area contributed by atoms with Crippen molar-refractivity contribution in [1.29, 1.82) is 0 Å². The molecule has 5 amide bonds. The number of amides is 5. The monoisotopic (exact) mass is 652 g/mol. The molecule has 1 rings (SSSR count). The fourth-order valence-corrected chi connectivity index (χ4v) is 3.04. The van der Waals surface area contributed by atoms with Crippen LogP contribution in [0.5, 0.6) is 0 Å². The predicted molar refractivity (Wildman–Crippen MR) is 129 cm³/mol. The maximum absolute atomic E-state index is 12.0. The lowest BCUT2D eigenvalue weighted by Gasteiger charge is -2.30. The van der Waals surface area contributed by atoms with Crippen molar-refractivity contribution < 1.29 is 87.8 Å². The van der Waals surface area contributed by atoms with Gasteiger partial charge in [0.25, 0.3) is 29.5 Å². The molecule has 0 aromatic rings. The van der Waals surface area contributed by atoms with Gasteiger partial charge in [0.15, 0.2) is 0 Å². The molecule has 0 saturated carbocycles. The van der Waals surface area contributed by atoms with E-state index < -0.39 is 114 Å². The van der Waals surface area contributed by atoms with Crippen LogP contribution in [-0.2, 0) is 62.3 Å². The molecule has 0 aromatic carbocycles. The topological polar surface area (TPSA) is 453 Å². The Kier molecular flexibility index (Phi) is 13.1. The van der Waals surface area contributed by atoms with E-state index in [-0.39, 0.29) is 0 Å². The van der Waals surface area contributed by atoms with Gasteiger partial charge in [-0.2, -0.15) is 0 Å². The summed E-state index contributed by atoms with van der Waals surface area (Å²) < 4.78 is 3.81. The van der Waals surface area contributed by atoms with Crippen molar-refractivity contribution in [3.63, 3.8) is 0 Å². The number of hydrogen-bond donors (Lipinski definition) is 13. The van der Waals surface area contributed by atoms with E-state index in [1.807, 2.05) is 0 Å². The molecule has 16 N–H and O–H groups in total. The second-order valence-electron chi connectivity index (χ2n) is 7.77. The first-order chi connectivity index (χ1) is 20.8. The van der Waals surface area contributed by atoms with Crippen molar-refractivity contribution in [2.24, 2.45) is 33.4 Å². The van der Waals surface area contributed by atoms with Crippen molar-refractivity contribution in [2.75, 3.05) is 26.7 Å². The van der Waals surface area contributed by atoms with Gasteiger partial charge in [0, 0.05) is 0 Å². The Bertz CT molecular complexity index is 1270. The molecule has 1 aliphatic rings. The molecule has 1 heterocycles. The van der Waals surface area contributed by atoms with Crippen LogP contribution in [-0.4, -0.2) is 124 Å². The van der Waals surface area contributed by atoms with Crippen molar-refractivity contribution in [1.82, 2.24) is 26.6 Å². The first-order valence-corrected chi connectivity index (χ1v) is 11.2. The molecule has 0 aromatic heterocycles. The Labute approximate surface area is 246 Å². The molecular formula is C19H24N8O18. The fraction of sp³-hybridized carbons (Fsp3) is 0.368. The van der Waals surface area contributed by atoms with Gasteiger partial charge >= 0.3 is 58.0 Å². The van der Waals surface area contributed by atoms with Gasteiger partial charge < -0.3 is 74.1 Å². The lowest BCUT2D eigenvalue weighted by Crippen LogP contribution is -2.67. The van der Waals surface area contributed by atoms with E-state index >= 15 is 0 Å². The Morgan fingerprint density at radius 1 is 0.556 bits per heavy atom. The summed E-state index contributed by atoms with van der Waals surface area (Å²) >= 11 is 0. The number of carbonyl (C=O) groups excluding carboxylic acids is 7. The molecule has 26 heteroatoms. The van der Waals surface area contributed by atoms with Crippen LogP contribution in [0, 0.1) is 16.2 Å². The van der Waals surface area contributed by atoms with Crippen LogP contribution < -0.4 is 43.8 Å². The van der Waals surface area contributed by atoms with Crippen molar-refractivity contribution >= 4 is 71.3 Å². The molecule has 0 radical (unpaired) electrons. The van der Waals surface area contributed by atoms with Crippen LogP contribution in [0.15, 0.2) is 0 Å². The van der Waals surface area contributed by atoms with Crippen molar-refractivity contribution in [2.45, 2.75) is 0 Å². The summed E-state index contributed by atoms with van der Waals surface area (Å²) in [5, 5.41) is 53.0. The lowest BCUT2D eigenvalue weighted by atomic mass is 9.83. The number of rotatable bonds is 15. The van der Waals surface area contributed by atoms with Crippen LogP contribution in [0.3, 0.4) is 0 Å². The highest BCUT2D eigenvalue weighted by atomic mass is 16.6. The molecule has 45 heavy (non-hydrogen) atoms. The number of ether oxygens (including phenoxy) is 1. The normalized spacial score (nSPS) is 13.1. The number of carboxylic acids is 5. The summed E-state index contributed by atoms with van der Waals surface area (Å²) in [6, 6.07) is 0. The minimum absolute atomic E-state index is 0.517. The zero-order chi connectivity index (χ0) is 35.5. The Hall–Kier alpha value is -6.28. The average molecular weight is 652 g/mol. The van der Waals surface area contributed by atoms with Gasteiger partial charge in [-0.3, -0.25) is 24.0 Å². The highest BCUT2D eigenvalue weighted by Crippen LogP contribution is 2.31. The van der Waals surface area contributed by atoms with Crippen LogP contribution in [0.1, 0.15) is 0 Å². The third-order valence-corrected chi connectivity index (χ3v) is 5.39. The quantitative estimate of drug-likeness (QED) is 0.0443. The van der Waals surface area contributed by atoms with Gasteiger partial charge in [-0.15, -0.1) is 0 Å². The highest BCUT2D eigenvalue weighted by Gasteiger charge is 2.71. The minimum atomic E-state index is -3.69. The molecular weight excluding hydrogens is 628 g/mol. The maximum Gasteiger partial charge on any atom is 0.352 e. The summed E-state index contributed by atoms with van der Waals surface area (Å²) in [5.41, 5.74) is 4.58. The summed E-state index contributed by atoms with van der Waals surface area (Å²) in [6.45, 7) is -2.89. The number of aliphatic carboxylic acids is 5. The van der Waals surface area contributed by atoms with E-state index in [1.165, 1.54) is 0 Å². The van der Waals surface area contributed by atoms with Crippen LogP contribution in [0.2, 0.25) is 0 Å². The number of hydrogen-bond acceptors (Lipinski definition) is 16. The first-order valence-electron chi connectivity index (χ1n) is 11.2. The number of esters is 2. The molecule has 0 unspecified atom stereocenters. The summed E-state index contributed by atoms with van der Waals surface area (Å²) in [7, 11) is 0. The Morgan fingerprint density at radius 3 is 1.07 bits per heavy atom. The molecule has 1 fully saturated rings. The van der Waals surface area contributed by atoms with Crippen LogP contribution in [0.4, 0.5) is 0 Å². The molecule has 0 aliphatic carbocycles. The van der Waals surface area contributed by atoms with E-state index in [2.05, 4.69) is 4.74 Å². The van der Waals surface area contributed by atoms with Crippen molar-refractivity contribution in [3.05, 3.63) is 0 Å². The van der Waals surface area contributed by atoms with Gasteiger partial charge in [0.1, 0.15) is 0 Å². The van der Waals surface area contributed by atoms with Crippen LogP contribution >= 0.6 is 0 Å². The summed E-state index contributed by atoms with van der Waals surface area (Å²) in [6.07, 6.45) is 0. The summed E-state index contributed by atoms with van der Waals surface area (Å²) in [5.74, 6) is -23.2. The third-order valence-electron chi connectivity index (χ3n) is 5.39. The molecule has 0 bridgehead atoms. The van der Waals surface area contributed by atoms with Gasteiger partial charge in [-0.1, -0.05) is 0 Å². The number of nitrogens with one attached hydrogen (secondary N) is 5. The van der Waals surface area contributed by atoms with Crippen LogP contribution in [0.25, 0.3) is 0 Å². The Morgan fingerprint density at radius 2 is 0.844 bits per heavy atom. The fourth-order valence-electron chi connectivity index (χ4n) is 3.04. The number of carbonyl (C=O) groups is 12. The van der Waals surface area contributed by atoms with Gasteiger partial charge in [0.05, 0.1) is 26.7 Å². The lowest BCUT2D eigenvalue weighted by molar-refractivity contribution is -0.202. The standard InChI is InChI=1S/C12H12N4O12.C7H12N4O6/c13-1-14-3(17)11(6(20)21,7(22)23)4(18)15-2-16-5(19)12(8(24)25)9(26)28-10(12)27;8-1-10-3(12)7(5(14)15,6(16)17)4(13)11-2-9/h1-2,13H2,(H,14,17)(H,15,18)(H,16,19)(H,20,21)(H,22,23)(H,24,25);1-2,8-9H2,(H,10,12)(H,11,13)(H,14,15)(H,16,17). The molecule has 248 valence electrons. The second kappa shape index (κ2) is 15.3. The molecule has 0 atom stereocenters. The number of nitrogens with two attached hydrogens (primary N) is 3. The highest BCUT2D eigenvalue weighted by molar-refractivity contribution is 6.41. The molecule has 1 saturated heterocycles. The second-order valence-corrected chi connectivity index (χ2v) is 7.77. The molecule has 1 aliphatic heterocycles. The van der Waals surface area contributed by atoms with Gasteiger partial charge in [-0.05, 0) is 0 Å². The smallest absolute Gasteiger partial charge is 0.352 e. The third kappa shape index (κ3) is 6.71. The van der Waals surface area contributed by atoms with E-state index in [0.717, 1.165) is 0 Å². The van der Waals surface area contributed by atoms with E-state index in [9.17, 15) is 57.5 Å². The van der Waals surface area contributed by atoms with E-state index in [1.54, 1.807) is 26.6 Å². The Balaban J connectivity index is 0.000000976. The molecule has 26 nitrogen and oxygen atoms in total. The molecule has 0 spiro atoms. The number of cyclic esters (lactones) is 2. The van der Waals surface area contributed by atoms with E-state index in [0.29, 0.717) is 0 Å². The largest absolute Gasteiger partial charge is 0.480 e. The van der Waals surface area contributed by atoms with Crippen molar-refractivity contribution in [3.8, 4) is 0 Å². The average Bonchev–Trinajstić information content (AvgIpc) is 2.89. The van der Waals surface area contributed by atoms with Gasteiger partial charge in [0.2, 0.25) is 0 Å². The zero-order valence-corrected chi connectivity index (χ0v) is 22.1. The minimum Gasteiger partial charge on any atom is -0.480 e. The predicted octanol–water partition coefficient (Wildman–Crippen LogP) is -9.27. The van der Waals surface area contributed by atoms with Gasteiger partial charge in [-0.25, -0.2) is 33.6 Å². The SMILES string of the molecule is NCNC(=O)C(C(=O)O)(C(=O)O)C(=O)NCN.NCNC(=O)C(C(=O)O)(C(=O)O)C(=O)NCNC(=O)C1(C(=O)O)C(=O)OC1=O. The number of carboxylic acid groups (broad SMARTS) is 5. The zero-order valence-electron chi connectivity index (χ0n) is 22.1. The van der Waals surface area contributed by atoms with E-state index in [4.69, 9.17) is 42.7 Å².